The van der Waals surface area contributed by atoms with Crippen LogP contribution >= 0.6 is 0 Å². The molecule has 1 amide bonds. The summed E-state index contributed by atoms with van der Waals surface area (Å²) in [5.74, 6) is -1.16. The monoisotopic (exact) mass is 361 g/mol. The van der Waals surface area contributed by atoms with E-state index in [9.17, 15) is 9.59 Å². The summed E-state index contributed by atoms with van der Waals surface area (Å²) in [5, 5.41) is 8.77. The smallest absolute Gasteiger partial charge is 0.341 e. The van der Waals surface area contributed by atoms with E-state index in [1.807, 2.05) is 48.5 Å². The molecule has 3 aromatic carbocycles. The molecule has 5 nitrogen and oxygen atoms in total. The summed E-state index contributed by atoms with van der Waals surface area (Å²) in [6.45, 7) is -0.430. The third-order valence-electron chi connectivity index (χ3n) is 4.11. The van der Waals surface area contributed by atoms with Crippen molar-refractivity contribution in [1.29, 1.82) is 0 Å². The first-order valence-corrected chi connectivity index (χ1v) is 8.44. The Kier molecular flexibility index (Phi) is 5.52. The number of hydrogen-bond donors (Lipinski definition) is 2. The van der Waals surface area contributed by atoms with Crippen molar-refractivity contribution in [3.8, 4) is 16.9 Å². The lowest BCUT2D eigenvalue weighted by Gasteiger charge is -2.12. The maximum atomic E-state index is 11.9. The largest absolute Gasteiger partial charge is 0.482 e. The van der Waals surface area contributed by atoms with Gasteiger partial charge in [-0.25, -0.2) is 4.79 Å². The lowest BCUT2D eigenvalue weighted by molar-refractivity contribution is -0.139. The molecule has 5 heteroatoms. The van der Waals surface area contributed by atoms with Gasteiger partial charge in [-0.2, -0.15) is 0 Å². The van der Waals surface area contributed by atoms with Gasteiger partial charge in [-0.15, -0.1) is 0 Å². The summed E-state index contributed by atoms with van der Waals surface area (Å²) in [7, 11) is 0. The van der Waals surface area contributed by atoms with Gasteiger partial charge in [-0.3, -0.25) is 4.79 Å². The molecule has 0 saturated heterocycles. The van der Waals surface area contributed by atoms with Crippen LogP contribution in [-0.4, -0.2) is 23.6 Å². The van der Waals surface area contributed by atoms with Crippen LogP contribution in [-0.2, 0) is 11.2 Å². The first-order valence-electron chi connectivity index (χ1n) is 8.44. The van der Waals surface area contributed by atoms with E-state index in [0.717, 1.165) is 23.1 Å². The number of carboxylic acids is 1. The van der Waals surface area contributed by atoms with E-state index in [-0.39, 0.29) is 0 Å². The molecule has 0 aliphatic carbocycles. The van der Waals surface area contributed by atoms with Crippen LogP contribution in [0.5, 0.6) is 5.75 Å². The topological polar surface area (TPSA) is 89.6 Å². The Hall–Kier alpha value is -3.60. The molecule has 0 aromatic heterocycles. The highest BCUT2D eigenvalue weighted by molar-refractivity contribution is 6.00. The Morgan fingerprint density at radius 2 is 1.67 bits per heavy atom. The first kappa shape index (κ1) is 18.2. The molecule has 0 aliphatic rings. The highest BCUT2D eigenvalue weighted by Gasteiger charge is 2.12. The van der Waals surface area contributed by atoms with E-state index in [4.69, 9.17) is 15.6 Å². The molecule has 0 bridgehead atoms. The summed E-state index contributed by atoms with van der Waals surface area (Å²) in [6, 6.07) is 22.5. The summed E-state index contributed by atoms with van der Waals surface area (Å²) in [6.07, 6.45) is 0.724. The molecule has 0 spiro atoms. The van der Waals surface area contributed by atoms with Gasteiger partial charge < -0.3 is 15.6 Å². The molecular formula is C22H19NO4. The zero-order chi connectivity index (χ0) is 19.2. The Morgan fingerprint density at radius 3 is 2.37 bits per heavy atom. The molecule has 0 atom stereocenters. The molecule has 3 rings (SSSR count). The number of amides is 1. The minimum atomic E-state index is -1.05. The number of rotatable bonds is 7. The van der Waals surface area contributed by atoms with Crippen LogP contribution in [0.3, 0.4) is 0 Å². The molecular weight excluding hydrogens is 342 g/mol. The minimum Gasteiger partial charge on any atom is -0.482 e. The molecule has 3 aromatic rings. The molecule has 0 radical (unpaired) electrons. The number of aliphatic carboxylic acids is 1. The van der Waals surface area contributed by atoms with Gasteiger partial charge in [0.05, 0.1) is 0 Å². The Labute approximate surface area is 157 Å². The van der Waals surface area contributed by atoms with Crippen molar-refractivity contribution >= 4 is 11.9 Å². The van der Waals surface area contributed by atoms with Crippen molar-refractivity contribution in [2.24, 2.45) is 5.73 Å². The molecule has 0 fully saturated rings. The second kappa shape index (κ2) is 8.19. The number of carboxylic acid groups (broad SMARTS) is 1. The fraction of sp³-hybridized carbons (Fsp3) is 0.0909. The van der Waals surface area contributed by atoms with Crippen LogP contribution in [0.1, 0.15) is 21.5 Å². The Balaban J connectivity index is 1.97. The van der Waals surface area contributed by atoms with Gasteiger partial charge in [0.1, 0.15) is 5.75 Å². The van der Waals surface area contributed by atoms with Crippen molar-refractivity contribution in [3.63, 3.8) is 0 Å². The lowest BCUT2D eigenvalue weighted by Crippen LogP contribution is -2.13. The maximum Gasteiger partial charge on any atom is 0.341 e. The molecule has 0 heterocycles. The molecule has 0 unspecified atom stereocenters. The van der Waals surface area contributed by atoms with E-state index < -0.39 is 18.5 Å². The van der Waals surface area contributed by atoms with E-state index >= 15 is 0 Å². The van der Waals surface area contributed by atoms with Crippen LogP contribution in [0.2, 0.25) is 0 Å². The Bertz CT molecular complexity index is 967. The fourth-order valence-corrected chi connectivity index (χ4v) is 2.89. The van der Waals surface area contributed by atoms with Crippen LogP contribution in [0.25, 0.3) is 11.1 Å². The number of hydrogen-bond acceptors (Lipinski definition) is 3. The molecule has 27 heavy (non-hydrogen) atoms. The second-order valence-electron chi connectivity index (χ2n) is 6.12. The summed E-state index contributed by atoms with van der Waals surface area (Å²) >= 11 is 0. The van der Waals surface area contributed by atoms with Crippen molar-refractivity contribution in [2.45, 2.75) is 6.42 Å². The number of carbonyl (C=O) groups excluding carboxylic acids is 1. The van der Waals surface area contributed by atoms with Gasteiger partial charge in [0.25, 0.3) is 0 Å². The van der Waals surface area contributed by atoms with Gasteiger partial charge in [-0.1, -0.05) is 54.6 Å². The van der Waals surface area contributed by atoms with Gasteiger partial charge in [0.2, 0.25) is 5.91 Å². The molecule has 0 aliphatic heterocycles. The third-order valence-corrected chi connectivity index (χ3v) is 4.11. The van der Waals surface area contributed by atoms with Crippen LogP contribution in [0.4, 0.5) is 0 Å². The number of nitrogens with two attached hydrogens (primary N) is 1. The number of ether oxygens (including phenoxy) is 1. The standard InChI is InChI=1S/C22H19NO4/c23-22(26)19-10-9-16(11-15-5-2-1-3-6-15)12-20(19)17-7-4-8-18(13-17)27-14-21(24)25/h1-10,12-13H,11,14H2,(H2,23,26)(H,24,25). The summed E-state index contributed by atoms with van der Waals surface area (Å²) in [4.78, 5) is 22.6. The highest BCUT2D eigenvalue weighted by atomic mass is 16.5. The normalized spacial score (nSPS) is 10.4. The minimum absolute atomic E-state index is 0.405. The fourth-order valence-electron chi connectivity index (χ4n) is 2.89. The van der Waals surface area contributed by atoms with E-state index in [2.05, 4.69) is 0 Å². The van der Waals surface area contributed by atoms with Gasteiger partial charge in [0.15, 0.2) is 6.61 Å². The number of primary amides is 1. The van der Waals surface area contributed by atoms with E-state index in [1.165, 1.54) is 0 Å². The number of carbonyl (C=O) groups is 2. The maximum absolute atomic E-state index is 11.9. The van der Waals surface area contributed by atoms with Crippen molar-refractivity contribution in [1.82, 2.24) is 0 Å². The van der Waals surface area contributed by atoms with Crippen molar-refractivity contribution in [3.05, 3.63) is 89.5 Å². The quantitative estimate of drug-likeness (QED) is 0.674. The summed E-state index contributed by atoms with van der Waals surface area (Å²) in [5.41, 5.74) is 9.58. The average molecular weight is 361 g/mol. The lowest BCUT2D eigenvalue weighted by atomic mass is 9.94. The van der Waals surface area contributed by atoms with Crippen LogP contribution in [0.15, 0.2) is 72.8 Å². The van der Waals surface area contributed by atoms with Crippen molar-refractivity contribution in [2.75, 3.05) is 6.61 Å². The van der Waals surface area contributed by atoms with E-state index in [1.54, 1.807) is 24.3 Å². The first-order chi connectivity index (χ1) is 13.0. The van der Waals surface area contributed by atoms with Crippen LogP contribution < -0.4 is 10.5 Å². The number of benzene rings is 3. The average Bonchev–Trinajstić information content (AvgIpc) is 2.67. The van der Waals surface area contributed by atoms with Crippen molar-refractivity contribution < 1.29 is 19.4 Å². The van der Waals surface area contributed by atoms with Crippen LogP contribution in [0, 0.1) is 0 Å². The molecule has 136 valence electrons. The predicted molar refractivity (Wildman–Crippen MR) is 103 cm³/mol. The Morgan fingerprint density at radius 1 is 0.889 bits per heavy atom. The third kappa shape index (κ3) is 4.73. The second-order valence-corrected chi connectivity index (χ2v) is 6.12. The van der Waals surface area contributed by atoms with E-state index in [0.29, 0.717) is 16.9 Å². The SMILES string of the molecule is NC(=O)c1ccc(Cc2ccccc2)cc1-c1cccc(OCC(=O)O)c1. The summed E-state index contributed by atoms with van der Waals surface area (Å²) < 4.78 is 5.24. The highest BCUT2D eigenvalue weighted by Crippen LogP contribution is 2.29. The van der Waals surface area contributed by atoms with Gasteiger partial charge in [-0.05, 0) is 46.9 Å². The van der Waals surface area contributed by atoms with Gasteiger partial charge >= 0.3 is 5.97 Å². The molecule has 3 N–H and O–H groups in total. The molecule has 0 saturated carbocycles. The van der Waals surface area contributed by atoms with Gasteiger partial charge in [0, 0.05) is 5.56 Å². The zero-order valence-corrected chi connectivity index (χ0v) is 14.6. The predicted octanol–water partition coefficient (Wildman–Crippen LogP) is 3.51. The zero-order valence-electron chi connectivity index (χ0n) is 14.6.